The third kappa shape index (κ3) is 0.918. The summed E-state index contributed by atoms with van der Waals surface area (Å²) < 4.78 is 5.09. The lowest BCUT2D eigenvalue weighted by atomic mass is 10.0. The van der Waals surface area contributed by atoms with E-state index in [0.29, 0.717) is 12.5 Å². The minimum absolute atomic E-state index is 0.0918. The van der Waals surface area contributed by atoms with Gasteiger partial charge in [0.15, 0.2) is 0 Å². The van der Waals surface area contributed by atoms with Crippen LogP contribution in [0, 0.1) is 29.6 Å². The zero-order valence-electron chi connectivity index (χ0n) is 8.03. The van der Waals surface area contributed by atoms with Crippen molar-refractivity contribution in [3.63, 3.8) is 0 Å². The average molecular weight is 180 g/mol. The summed E-state index contributed by atoms with van der Waals surface area (Å²) in [6.45, 7) is 2.44. The van der Waals surface area contributed by atoms with E-state index in [1.165, 1.54) is 19.3 Å². The van der Waals surface area contributed by atoms with Crippen molar-refractivity contribution in [3.8, 4) is 0 Å². The van der Waals surface area contributed by atoms with Gasteiger partial charge in [-0.2, -0.15) is 0 Å². The van der Waals surface area contributed by atoms with Crippen LogP contribution in [0.15, 0.2) is 0 Å². The number of carbonyl (C=O) groups excluding carboxylic acids is 1. The molecule has 2 nitrogen and oxygen atoms in total. The van der Waals surface area contributed by atoms with Crippen molar-refractivity contribution in [3.05, 3.63) is 0 Å². The molecule has 13 heavy (non-hydrogen) atoms. The minimum Gasteiger partial charge on any atom is -0.466 e. The molecule has 0 spiro atoms. The van der Waals surface area contributed by atoms with Gasteiger partial charge in [-0.15, -0.1) is 0 Å². The highest BCUT2D eigenvalue weighted by Crippen LogP contribution is 2.69. The Morgan fingerprint density at radius 2 is 1.92 bits per heavy atom. The van der Waals surface area contributed by atoms with Crippen molar-refractivity contribution in [2.45, 2.75) is 26.2 Å². The van der Waals surface area contributed by atoms with Crippen LogP contribution in [0.5, 0.6) is 0 Å². The third-order valence-corrected chi connectivity index (χ3v) is 4.29. The van der Waals surface area contributed by atoms with E-state index in [0.717, 1.165) is 23.7 Å². The van der Waals surface area contributed by atoms with Crippen LogP contribution in [0.4, 0.5) is 0 Å². The molecule has 0 heterocycles. The fourth-order valence-corrected chi connectivity index (χ4v) is 3.88. The second kappa shape index (κ2) is 2.49. The van der Waals surface area contributed by atoms with Gasteiger partial charge < -0.3 is 4.74 Å². The van der Waals surface area contributed by atoms with Crippen LogP contribution in [0.3, 0.4) is 0 Å². The molecule has 0 aromatic heterocycles. The van der Waals surface area contributed by atoms with Crippen LogP contribution in [-0.4, -0.2) is 12.6 Å². The van der Waals surface area contributed by atoms with Crippen LogP contribution in [-0.2, 0) is 9.53 Å². The Balaban J connectivity index is 1.69. The molecule has 0 saturated heterocycles. The molecule has 3 aliphatic carbocycles. The van der Waals surface area contributed by atoms with Gasteiger partial charge in [-0.1, -0.05) is 0 Å². The third-order valence-electron chi connectivity index (χ3n) is 4.29. The lowest BCUT2D eigenvalue weighted by Gasteiger charge is -2.07. The van der Waals surface area contributed by atoms with Gasteiger partial charge in [-0.05, 0) is 49.9 Å². The predicted octanol–water partition coefficient (Wildman–Crippen LogP) is 1.84. The summed E-state index contributed by atoms with van der Waals surface area (Å²) in [4.78, 5) is 11.5. The van der Waals surface area contributed by atoms with Gasteiger partial charge in [0, 0.05) is 0 Å². The van der Waals surface area contributed by atoms with Gasteiger partial charge in [-0.3, -0.25) is 4.79 Å². The molecule has 2 heteroatoms. The summed E-state index contributed by atoms with van der Waals surface area (Å²) in [5.74, 6) is 3.63. The zero-order chi connectivity index (χ0) is 9.00. The highest BCUT2D eigenvalue weighted by atomic mass is 16.5. The van der Waals surface area contributed by atoms with Crippen molar-refractivity contribution in [2.75, 3.05) is 6.61 Å². The molecule has 0 aromatic rings. The van der Waals surface area contributed by atoms with Crippen molar-refractivity contribution in [2.24, 2.45) is 29.6 Å². The zero-order valence-corrected chi connectivity index (χ0v) is 8.03. The first-order valence-electron chi connectivity index (χ1n) is 5.49. The Kier molecular flexibility index (Phi) is 1.50. The molecule has 5 atom stereocenters. The minimum atomic E-state index is 0.0918. The molecule has 2 bridgehead atoms. The van der Waals surface area contributed by atoms with E-state index in [2.05, 4.69) is 0 Å². The number of fused-ring (bicyclic) bond motifs is 5. The predicted molar refractivity (Wildman–Crippen MR) is 47.9 cm³/mol. The molecule has 3 rings (SSSR count). The molecule has 0 aliphatic heterocycles. The van der Waals surface area contributed by atoms with Crippen LogP contribution in [0.2, 0.25) is 0 Å². The first-order valence-corrected chi connectivity index (χ1v) is 5.49. The second-order valence-electron chi connectivity index (χ2n) is 4.77. The van der Waals surface area contributed by atoms with Gasteiger partial charge in [-0.25, -0.2) is 0 Å². The number of carbonyl (C=O) groups is 1. The fraction of sp³-hybridized carbons (Fsp3) is 0.909. The quantitative estimate of drug-likeness (QED) is 0.606. The summed E-state index contributed by atoms with van der Waals surface area (Å²) in [6, 6.07) is 0. The summed E-state index contributed by atoms with van der Waals surface area (Å²) in [6.07, 6.45) is 4.16. The number of hydrogen-bond donors (Lipinski definition) is 0. The highest BCUT2D eigenvalue weighted by molar-refractivity contribution is 5.77. The van der Waals surface area contributed by atoms with Gasteiger partial charge >= 0.3 is 5.97 Å². The molecule has 0 aromatic carbocycles. The molecule has 3 aliphatic rings. The molecule has 0 radical (unpaired) electrons. The topological polar surface area (TPSA) is 26.3 Å². The molecule has 0 amide bonds. The van der Waals surface area contributed by atoms with E-state index in [-0.39, 0.29) is 5.97 Å². The summed E-state index contributed by atoms with van der Waals surface area (Å²) in [7, 11) is 0. The first kappa shape index (κ1) is 7.84. The van der Waals surface area contributed by atoms with Crippen LogP contribution < -0.4 is 0 Å². The monoisotopic (exact) mass is 180 g/mol. The molecular formula is C11H16O2. The van der Waals surface area contributed by atoms with Gasteiger partial charge in [0.1, 0.15) is 0 Å². The second-order valence-corrected chi connectivity index (χ2v) is 4.77. The van der Waals surface area contributed by atoms with Crippen LogP contribution >= 0.6 is 0 Å². The fourth-order valence-electron chi connectivity index (χ4n) is 3.88. The maximum Gasteiger partial charge on any atom is 0.309 e. The van der Waals surface area contributed by atoms with E-state index < -0.39 is 0 Å². The van der Waals surface area contributed by atoms with E-state index >= 15 is 0 Å². The molecule has 72 valence electrons. The van der Waals surface area contributed by atoms with Gasteiger partial charge in [0.05, 0.1) is 12.5 Å². The summed E-state index contributed by atoms with van der Waals surface area (Å²) in [5, 5.41) is 0. The first-order chi connectivity index (χ1) is 6.33. The smallest absolute Gasteiger partial charge is 0.309 e. The molecule has 1 unspecified atom stereocenters. The standard InChI is InChI=1S/C11H16O2/c1-2-13-11(12)10-8-6-3-4-7(5-6)9(8)10/h6-10H,2-5H2,1H3/t6-,7+,8-,9+,10?. The Labute approximate surface area is 78.6 Å². The molecular weight excluding hydrogens is 164 g/mol. The average Bonchev–Trinajstić information content (AvgIpc) is 2.57. The lowest BCUT2D eigenvalue weighted by Crippen LogP contribution is -2.12. The molecule has 3 fully saturated rings. The highest BCUT2D eigenvalue weighted by Gasteiger charge is 2.68. The lowest BCUT2D eigenvalue weighted by molar-refractivity contribution is -0.145. The normalized spacial score (nSPS) is 50.4. The van der Waals surface area contributed by atoms with Crippen molar-refractivity contribution >= 4 is 5.97 Å². The Morgan fingerprint density at radius 3 is 2.46 bits per heavy atom. The number of rotatable bonds is 2. The Hall–Kier alpha value is -0.530. The SMILES string of the molecule is CCOC(=O)C1[C@@H]2[C@@H]3CC[C@@H](C3)[C@H]12. The molecule has 3 saturated carbocycles. The number of ether oxygens (including phenoxy) is 1. The Bertz CT molecular complexity index is 232. The van der Waals surface area contributed by atoms with E-state index in [1.807, 2.05) is 6.92 Å². The summed E-state index contributed by atoms with van der Waals surface area (Å²) >= 11 is 0. The summed E-state index contributed by atoms with van der Waals surface area (Å²) in [5.41, 5.74) is 0. The number of esters is 1. The maximum atomic E-state index is 11.5. The largest absolute Gasteiger partial charge is 0.466 e. The van der Waals surface area contributed by atoms with Gasteiger partial charge in [0.2, 0.25) is 0 Å². The van der Waals surface area contributed by atoms with Crippen LogP contribution in [0.25, 0.3) is 0 Å². The molecule has 0 N–H and O–H groups in total. The van der Waals surface area contributed by atoms with Gasteiger partial charge in [0.25, 0.3) is 0 Å². The van der Waals surface area contributed by atoms with E-state index in [4.69, 9.17) is 4.74 Å². The maximum absolute atomic E-state index is 11.5. The van der Waals surface area contributed by atoms with E-state index in [9.17, 15) is 4.79 Å². The van der Waals surface area contributed by atoms with Crippen LogP contribution in [0.1, 0.15) is 26.2 Å². The van der Waals surface area contributed by atoms with Crippen molar-refractivity contribution in [1.82, 2.24) is 0 Å². The van der Waals surface area contributed by atoms with Crippen molar-refractivity contribution < 1.29 is 9.53 Å². The van der Waals surface area contributed by atoms with E-state index in [1.54, 1.807) is 0 Å². The number of hydrogen-bond acceptors (Lipinski definition) is 2. The Morgan fingerprint density at radius 1 is 1.31 bits per heavy atom. The van der Waals surface area contributed by atoms with Crippen molar-refractivity contribution in [1.29, 1.82) is 0 Å².